The lowest BCUT2D eigenvalue weighted by Gasteiger charge is -2.32. The number of aryl methyl sites for hydroxylation is 1. The van der Waals surface area contributed by atoms with Gasteiger partial charge in [-0.15, -0.1) is 0 Å². The predicted octanol–water partition coefficient (Wildman–Crippen LogP) is 3.08. The SMILES string of the molecule is CCCc1cc(B2OC(C)(C)C(C)(C)O2)ccc1F. The molecule has 0 atom stereocenters. The van der Waals surface area contributed by atoms with Crippen LogP contribution in [0, 0.1) is 5.82 Å². The van der Waals surface area contributed by atoms with Crippen LogP contribution in [-0.2, 0) is 15.7 Å². The zero-order valence-electron chi connectivity index (χ0n) is 12.4. The lowest BCUT2D eigenvalue weighted by Crippen LogP contribution is -2.41. The third kappa shape index (κ3) is 2.70. The van der Waals surface area contributed by atoms with Crippen molar-refractivity contribution in [2.24, 2.45) is 0 Å². The van der Waals surface area contributed by atoms with E-state index >= 15 is 0 Å². The Balaban J connectivity index is 2.27. The maximum atomic E-state index is 13.7. The van der Waals surface area contributed by atoms with Gasteiger partial charge in [0.2, 0.25) is 0 Å². The van der Waals surface area contributed by atoms with Crippen molar-refractivity contribution in [3.8, 4) is 0 Å². The monoisotopic (exact) mass is 264 g/mol. The molecular formula is C15H22BFO2. The predicted molar refractivity (Wildman–Crippen MR) is 76.1 cm³/mol. The minimum absolute atomic E-state index is 0.151. The molecule has 1 saturated heterocycles. The van der Waals surface area contributed by atoms with Crippen LogP contribution in [0.1, 0.15) is 46.6 Å². The number of hydrogen-bond acceptors (Lipinski definition) is 2. The first-order valence-corrected chi connectivity index (χ1v) is 6.91. The number of hydrogen-bond donors (Lipinski definition) is 0. The topological polar surface area (TPSA) is 18.5 Å². The summed E-state index contributed by atoms with van der Waals surface area (Å²) >= 11 is 0. The lowest BCUT2D eigenvalue weighted by atomic mass is 9.78. The summed E-state index contributed by atoms with van der Waals surface area (Å²) in [5.41, 5.74) is 0.895. The van der Waals surface area contributed by atoms with Gasteiger partial charge in [-0.1, -0.05) is 25.5 Å². The molecule has 0 bridgehead atoms. The Morgan fingerprint density at radius 2 is 1.68 bits per heavy atom. The van der Waals surface area contributed by atoms with E-state index in [-0.39, 0.29) is 17.0 Å². The molecule has 1 heterocycles. The van der Waals surface area contributed by atoms with Gasteiger partial charge < -0.3 is 9.31 Å². The largest absolute Gasteiger partial charge is 0.494 e. The molecule has 0 aromatic heterocycles. The van der Waals surface area contributed by atoms with E-state index in [9.17, 15) is 4.39 Å². The molecule has 0 unspecified atom stereocenters. The van der Waals surface area contributed by atoms with Crippen molar-refractivity contribution in [2.45, 2.75) is 58.7 Å². The molecule has 1 aromatic rings. The van der Waals surface area contributed by atoms with Gasteiger partial charge in [-0.2, -0.15) is 0 Å². The summed E-state index contributed by atoms with van der Waals surface area (Å²) in [6, 6.07) is 5.11. The van der Waals surface area contributed by atoms with Crippen LogP contribution in [0.4, 0.5) is 4.39 Å². The van der Waals surface area contributed by atoms with Crippen LogP contribution in [-0.4, -0.2) is 18.3 Å². The van der Waals surface area contributed by atoms with E-state index < -0.39 is 7.12 Å². The Morgan fingerprint density at radius 3 is 2.21 bits per heavy atom. The van der Waals surface area contributed by atoms with Crippen LogP contribution in [0.5, 0.6) is 0 Å². The highest BCUT2D eigenvalue weighted by Gasteiger charge is 2.51. The van der Waals surface area contributed by atoms with E-state index in [1.54, 1.807) is 6.07 Å². The minimum atomic E-state index is -0.416. The molecular weight excluding hydrogens is 242 g/mol. The molecule has 0 amide bonds. The molecule has 1 aliphatic rings. The number of benzene rings is 1. The van der Waals surface area contributed by atoms with Crippen molar-refractivity contribution < 1.29 is 13.7 Å². The van der Waals surface area contributed by atoms with Crippen LogP contribution in [0.25, 0.3) is 0 Å². The lowest BCUT2D eigenvalue weighted by molar-refractivity contribution is 0.00578. The van der Waals surface area contributed by atoms with Gasteiger partial charge in [0.25, 0.3) is 0 Å². The first-order chi connectivity index (χ1) is 8.77. The highest BCUT2D eigenvalue weighted by molar-refractivity contribution is 6.62. The fourth-order valence-electron chi connectivity index (χ4n) is 2.18. The maximum absolute atomic E-state index is 13.7. The smallest absolute Gasteiger partial charge is 0.399 e. The zero-order chi connectivity index (χ0) is 14.3. The van der Waals surface area contributed by atoms with E-state index in [4.69, 9.17) is 9.31 Å². The average Bonchev–Trinajstić information content (AvgIpc) is 2.51. The van der Waals surface area contributed by atoms with Gasteiger partial charge in [0, 0.05) is 0 Å². The average molecular weight is 264 g/mol. The first-order valence-electron chi connectivity index (χ1n) is 6.91. The molecule has 0 saturated carbocycles. The first kappa shape index (κ1) is 14.5. The van der Waals surface area contributed by atoms with Gasteiger partial charge in [-0.05, 0) is 51.2 Å². The molecule has 4 heteroatoms. The van der Waals surface area contributed by atoms with Crippen molar-refractivity contribution in [2.75, 3.05) is 0 Å². The molecule has 1 fully saturated rings. The minimum Gasteiger partial charge on any atom is -0.399 e. The van der Waals surface area contributed by atoms with Gasteiger partial charge >= 0.3 is 7.12 Å². The van der Waals surface area contributed by atoms with Gasteiger partial charge in [-0.3, -0.25) is 0 Å². The number of rotatable bonds is 3. The molecule has 2 rings (SSSR count). The van der Waals surface area contributed by atoms with Gasteiger partial charge in [0.1, 0.15) is 5.82 Å². The van der Waals surface area contributed by atoms with Crippen LogP contribution < -0.4 is 5.46 Å². The van der Waals surface area contributed by atoms with E-state index in [1.807, 2.05) is 40.7 Å². The van der Waals surface area contributed by atoms with Crippen molar-refractivity contribution >= 4 is 12.6 Å². The van der Waals surface area contributed by atoms with E-state index in [0.717, 1.165) is 23.9 Å². The summed E-state index contributed by atoms with van der Waals surface area (Å²) in [5.74, 6) is -0.151. The van der Waals surface area contributed by atoms with Gasteiger partial charge in [0.15, 0.2) is 0 Å². The Bertz CT molecular complexity index is 455. The molecule has 0 radical (unpaired) electrons. The second-order valence-corrected chi connectivity index (χ2v) is 6.19. The van der Waals surface area contributed by atoms with Crippen molar-refractivity contribution in [1.29, 1.82) is 0 Å². The quantitative estimate of drug-likeness (QED) is 0.781. The van der Waals surface area contributed by atoms with Crippen molar-refractivity contribution in [1.82, 2.24) is 0 Å². The van der Waals surface area contributed by atoms with Crippen molar-refractivity contribution in [3.05, 3.63) is 29.6 Å². The fraction of sp³-hybridized carbons (Fsp3) is 0.600. The Morgan fingerprint density at radius 1 is 1.11 bits per heavy atom. The van der Waals surface area contributed by atoms with Crippen molar-refractivity contribution in [3.63, 3.8) is 0 Å². The normalized spacial score (nSPS) is 20.8. The molecule has 1 aromatic carbocycles. The van der Waals surface area contributed by atoms with E-state index in [2.05, 4.69) is 0 Å². The molecule has 1 aliphatic heterocycles. The van der Waals surface area contributed by atoms with Crippen LogP contribution in [0.15, 0.2) is 18.2 Å². The third-order valence-corrected chi connectivity index (χ3v) is 4.11. The summed E-state index contributed by atoms with van der Waals surface area (Å²) in [6.07, 6.45) is 1.66. The second-order valence-electron chi connectivity index (χ2n) is 6.19. The summed E-state index contributed by atoms with van der Waals surface area (Å²) in [7, 11) is -0.416. The molecule has 0 N–H and O–H groups in total. The highest BCUT2D eigenvalue weighted by Crippen LogP contribution is 2.36. The molecule has 19 heavy (non-hydrogen) atoms. The van der Waals surface area contributed by atoms with E-state index in [1.165, 1.54) is 6.07 Å². The summed E-state index contributed by atoms with van der Waals surface area (Å²) in [6.45, 7) is 10.1. The Hall–Kier alpha value is -0.865. The molecule has 2 nitrogen and oxygen atoms in total. The van der Waals surface area contributed by atoms with Crippen LogP contribution >= 0.6 is 0 Å². The fourth-order valence-corrected chi connectivity index (χ4v) is 2.18. The summed E-state index contributed by atoms with van der Waals surface area (Å²) in [5, 5.41) is 0. The number of halogens is 1. The zero-order valence-corrected chi connectivity index (χ0v) is 12.4. The molecule has 0 spiro atoms. The van der Waals surface area contributed by atoms with Crippen LogP contribution in [0.2, 0.25) is 0 Å². The van der Waals surface area contributed by atoms with Gasteiger partial charge in [0.05, 0.1) is 11.2 Å². The third-order valence-electron chi connectivity index (χ3n) is 4.11. The second kappa shape index (κ2) is 4.91. The molecule has 104 valence electrons. The standard InChI is InChI=1S/C15H22BFO2/c1-6-7-11-10-12(8-9-13(11)17)16-18-14(2,3)15(4,5)19-16/h8-10H,6-7H2,1-5H3. The Labute approximate surface area is 115 Å². The summed E-state index contributed by atoms with van der Waals surface area (Å²) < 4.78 is 25.6. The van der Waals surface area contributed by atoms with Crippen LogP contribution in [0.3, 0.4) is 0 Å². The van der Waals surface area contributed by atoms with E-state index in [0.29, 0.717) is 0 Å². The maximum Gasteiger partial charge on any atom is 0.494 e. The summed E-state index contributed by atoms with van der Waals surface area (Å²) in [4.78, 5) is 0. The van der Waals surface area contributed by atoms with Gasteiger partial charge in [-0.25, -0.2) is 4.39 Å². The highest BCUT2D eigenvalue weighted by atomic mass is 19.1. The Kier molecular flexibility index (Phi) is 3.76. The molecule has 0 aliphatic carbocycles.